The lowest BCUT2D eigenvalue weighted by molar-refractivity contribution is -0.121. The zero-order valence-corrected chi connectivity index (χ0v) is 16.6. The van der Waals surface area contributed by atoms with Crippen molar-refractivity contribution in [3.8, 4) is 5.75 Å². The van der Waals surface area contributed by atoms with Crippen LogP contribution in [0.15, 0.2) is 47.4 Å². The first-order valence-corrected chi connectivity index (χ1v) is 10.1. The number of nitrogens with zero attached hydrogens (tertiary/aromatic N) is 1. The number of halogens is 1. The summed E-state index contributed by atoms with van der Waals surface area (Å²) in [6.07, 6.45) is -0.664. The molecular weight excluding hydrogens is 385 g/mol. The van der Waals surface area contributed by atoms with E-state index >= 15 is 0 Å². The summed E-state index contributed by atoms with van der Waals surface area (Å²) in [6.45, 7) is 4.84. The van der Waals surface area contributed by atoms with Gasteiger partial charge in [-0.25, -0.2) is 12.8 Å². The van der Waals surface area contributed by atoms with Gasteiger partial charge in [-0.15, -0.1) is 0 Å². The molecule has 2 aromatic carbocycles. The highest BCUT2D eigenvalue weighted by Gasteiger charge is 2.42. The monoisotopic (exact) mass is 407 g/mol. The number of nitrogens with two attached hydrogens (primary N) is 1. The van der Waals surface area contributed by atoms with Crippen LogP contribution in [-0.2, 0) is 14.8 Å². The largest absolute Gasteiger partial charge is 0.484 e. The molecule has 1 amide bonds. The molecule has 3 N–H and O–H groups in total. The molecular formula is C19H22FN3O4S. The first kappa shape index (κ1) is 19.9. The predicted octanol–water partition coefficient (Wildman–Crippen LogP) is 2.28. The molecule has 7 nitrogen and oxygen atoms in total. The molecule has 1 aliphatic rings. The van der Waals surface area contributed by atoms with Crippen molar-refractivity contribution in [3.63, 3.8) is 0 Å². The van der Waals surface area contributed by atoms with Gasteiger partial charge in [0.25, 0.3) is 10.0 Å². The van der Waals surface area contributed by atoms with Gasteiger partial charge in [0.2, 0.25) is 5.91 Å². The molecule has 9 heteroatoms. The van der Waals surface area contributed by atoms with Crippen molar-refractivity contribution in [3.05, 3.63) is 48.3 Å². The average molecular weight is 407 g/mol. The quantitative estimate of drug-likeness (QED) is 0.757. The second-order valence-electron chi connectivity index (χ2n) is 7.23. The molecule has 2 aromatic rings. The highest BCUT2D eigenvalue weighted by Crippen LogP contribution is 2.40. The third-order valence-electron chi connectivity index (χ3n) is 4.56. The van der Waals surface area contributed by atoms with Crippen molar-refractivity contribution in [2.24, 2.45) is 0 Å². The molecule has 1 heterocycles. The Kier molecular flexibility index (Phi) is 4.97. The first-order valence-electron chi connectivity index (χ1n) is 8.64. The lowest BCUT2D eigenvalue weighted by atomic mass is 9.95. The Morgan fingerprint density at radius 2 is 1.89 bits per heavy atom. The van der Waals surface area contributed by atoms with E-state index in [0.29, 0.717) is 17.1 Å². The normalized spacial score (nSPS) is 16.9. The molecule has 1 atom stereocenters. The number of carbonyl (C=O) groups excluding carboxylic acids is 1. The highest BCUT2D eigenvalue weighted by molar-refractivity contribution is 7.92. The van der Waals surface area contributed by atoms with Gasteiger partial charge in [-0.3, -0.25) is 9.10 Å². The molecule has 3 rings (SSSR count). The molecule has 1 unspecified atom stereocenters. The first-order chi connectivity index (χ1) is 13.0. The van der Waals surface area contributed by atoms with E-state index < -0.39 is 27.5 Å². The number of amides is 1. The van der Waals surface area contributed by atoms with E-state index in [-0.39, 0.29) is 17.3 Å². The molecule has 0 spiro atoms. The van der Waals surface area contributed by atoms with Gasteiger partial charge in [0, 0.05) is 12.6 Å². The van der Waals surface area contributed by atoms with E-state index in [1.54, 1.807) is 26.0 Å². The molecule has 1 aliphatic heterocycles. The number of sulfonamides is 1. The minimum Gasteiger partial charge on any atom is -0.484 e. The molecule has 150 valence electrons. The topological polar surface area (TPSA) is 102 Å². The van der Waals surface area contributed by atoms with Crippen LogP contribution in [0.5, 0.6) is 5.75 Å². The summed E-state index contributed by atoms with van der Waals surface area (Å²) in [5.74, 6) is -0.463. The lowest BCUT2D eigenvalue weighted by Crippen LogP contribution is -2.60. The summed E-state index contributed by atoms with van der Waals surface area (Å²) in [5.41, 5.74) is 5.67. The third-order valence-corrected chi connectivity index (χ3v) is 6.35. The van der Waals surface area contributed by atoms with Crippen LogP contribution in [0, 0.1) is 5.82 Å². The van der Waals surface area contributed by atoms with Gasteiger partial charge < -0.3 is 15.8 Å². The Bertz CT molecular complexity index is 1010. The highest BCUT2D eigenvalue weighted by atomic mass is 32.2. The smallest absolute Gasteiger partial charge is 0.264 e. The zero-order valence-electron chi connectivity index (χ0n) is 15.8. The number of rotatable bonds is 4. The lowest BCUT2D eigenvalue weighted by Gasteiger charge is -2.42. The van der Waals surface area contributed by atoms with Crippen molar-refractivity contribution in [1.29, 1.82) is 0 Å². The number of ether oxygens (including phenoxy) is 1. The summed E-state index contributed by atoms with van der Waals surface area (Å²) < 4.78 is 47.0. The van der Waals surface area contributed by atoms with Crippen LogP contribution in [0.1, 0.15) is 20.8 Å². The van der Waals surface area contributed by atoms with Gasteiger partial charge in [0.05, 0.1) is 22.7 Å². The Hall–Kier alpha value is -2.81. The van der Waals surface area contributed by atoms with Gasteiger partial charge in [-0.1, -0.05) is 0 Å². The number of fused-ring (bicyclic) bond motifs is 1. The standard InChI is InChI=1S/C19H22FN3O4S/c1-12(24)22-19(2,3)18-11-23(16-10-14(21)6-9-17(16)27-18)28(25,26)15-7-4-13(20)5-8-15/h4-10,18H,11,21H2,1-3H3,(H,22,24). The van der Waals surface area contributed by atoms with Crippen LogP contribution < -0.4 is 20.1 Å². The van der Waals surface area contributed by atoms with Crippen molar-refractivity contribution in [2.75, 3.05) is 16.6 Å². The Labute approximate surface area is 163 Å². The van der Waals surface area contributed by atoms with Gasteiger partial charge in [-0.05, 0) is 56.3 Å². The van der Waals surface area contributed by atoms with Crippen LogP contribution in [0.25, 0.3) is 0 Å². The van der Waals surface area contributed by atoms with E-state index in [1.165, 1.54) is 29.4 Å². The molecule has 0 saturated carbocycles. The second-order valence-corrected chi connectivity index (χ2v) is 9.09. The predicted molar refractivity (Wildman–Crippen MR) is 104 cm³/mol. The Morgan fingerprint density at radius 1 is 1.25 bits per heavy atom. The van der Waals surface area contributed by atoms with Crippen LogP contribution in [0.2, 0.25) is 0 Å². The number of carbonyl (C=O) groups is 1. The summed E-state index contributed by atoms with van der Waals surface area (Å²) in [6, 6.07) is 9.31. The molecule has 0 bridgehead atoms. The zero-order chi connectivity index (χ0) is 20.7. The second kappa shape index (κ2) is 6.97. The Balaban J connectivity index is 2.09. The van der Waals surface area contributed by atoms with Crippen molar-refractivity contribution >= 4 is 27.3 Å². The van der Waals surface area contributed by atoms with Crippen LogP contribution in [0.3, 0.4) is 0 Å². The van der Waals surface area contributed by atoms with Crippen LogP contribution in [-0.4, -0.2) is 32.5 Å². The molecule has 0 radical (unpaired) electrons. The number of benzene rings is 2. The van der Waals surface area contributed by atoms with E-state index in [1.807, 2.05) is 0 Å². The number of hydrogen-bond donors (Lipinski definition) is 2. The van der Waals surface area contributed by atoms with Crippen LogP contribution >= 0.6 is 0 Å². The van der Waals surface area contributed by atoms with Crippen LogP contribution in [0.4, 0.5) is 15.8 Å². The van der Waals surface area contributed by atoms with Crippen molar-refractivity contribution in [2.45, 2.75) is 37.3 Å². The number of nitrogen functional groups attached to an aromatic ring is 1. The van der Waals surface area contributed by atoms with Gasteiger partial charge >= 0.3 is 0 Å². The molecule has 0 fully saturated rings. The fraction of sp³-hybridized carbons (Fsp3) is 0.316. The molecule has 0 aromatic heterocycles. The fourth-order valence-corrected chi connectivity index (χ4v) is 4.61. The van der Waals surface area contributed by atoms with Gasteiger partial charge in [-0.2, -0.15) is 0 Å². The number of anilines is 2. The van der Waals surface area contributed by atoms with Gasteiger partial charge in [0.15, 0.2) is 0 Å². The van der Waals surface area contributed by atoms with Gasteiger partial charge in [0.1, 0.15) is 17.7 Å². The minimum atomic E-state index is -4.01. The maximum absolute atomic E-state index is 13.3. The van der Waals surface area contributed by atoms with E-state index in [4.69, 9.17) is 10.5 Å². The molecule has 0 saturated heterocycles. The fourth-order valence-electron chi connectivity index (χ4n) is 3.14. The summed E-state index contributed by atoms with van der Waals surface area (Å²) >= 11 is 0. The maximum atomic E-state index is 13.3. The summed E-state index contributed by atoms with van der Waals surface area (Å²) in [7, 11) is -4.01. The minimum absolute atomic E-state index is 0.0521. The molecule has 28 heavy (non-hydrogen) atoms. The summed E-state index contributed by atoms with van der Waals surface area (Å²) in [4.78, 5) is 11.5. The average Bonchev–Trinajstić information content (AvgIpc) is 2.60. The van der Waals surface area contributed by atoms with Crippen molar-refractivity contribution in [1.82, 2.24) is 5.32 Å². The SMILES string of the molecule is CC(=O)NC(C)(C)C1CN(S(=O)(=O)c2ccc(F)cc2)c2cc(N)ccc2O1. The number of nitrogens with one attached hydrogen (secondary N) is 1. The van der Waals surface area contributed by atoms with E-state index in [9.17, 15) is 17.6 Å². The van der Waals surface area contributed by atoms with E-state index in [0.717, 1.165) is 12.1 Å². The third kappa shape index (κ3) is 3.75. The Morgan fingerprint density at radius 3 is 2.50 bits per heavy atom. The molecule has 0 aliphatic carbocycles. The van der Waals surface area contributed by atoms with Crippen molar-refractivity contribution < 1.29 is 22.3 Å². The van der Waals surface area contributed by atoms with E-state index in [2.05, 4.69) is 5.32 Å². The number of hydrogen-bond acceptors (Lipinski definition) is 5. The maximum Gasteiger partial charge on any atom is 0.264 e. The summed E-state index contributed by atoms with van der Waals surface area (Å²) in [5, 5.41) is 2.79.